The standard InChI is InChI=1S/C32H31O4P/c1-34-29-20-12-11-19-27(29)28-21-22-35-31(30(28)36-23-24-13-5-2-6-14-24)32(37-33,25-15-7-3-8-16-25)26-17-9-4-10-18-26/h2-20,28,30-31H,21-23H2,1H3. The summed E-state index contributed by atoms with van der Waals surface area (Å²) in [5.41, 5.74) is 4.01. The summed E-state index contributed by atoms with van der Waals surface area (Å²) in [6.07, 6.45) is -0.123. The number of methoxy groups -OCH3 is 1. The summed E-state index contributed by atoms with van der Waals surface area (Å²) in [7, 11) is 1.65. The maximum Gasteiger partial charge on any atom is 0.174 e. The van der Waals surface area contributed by atoms with Gasteiger partial charge >= 0.3 is 0 Å². The van der Waals surface area contributed by atoms with Gasteiger partial charge in [-0.15, -0.1) is 0 Å². The lowest BCUT2D eigenvalue weighted by Gasteiger charge is -2.46. The van der Waals surface area contributed by atoms with Crippen LogP contribution in [0.4, 0.5) is 0 Å². The van der Waals surface area contributed by atoms with E-state index in [4.69, 9.17) is 14.2 Å². The van der Waals surface area contributed by atoms with Crippen molar-refractivity contribution < 1.29 is 18.8 Å². The van der Waals surface area contributed by atoms with E-state index in [1.807, 2.05) is 97.1 Å². The van der Waals surface area contributed by atoms with Gasteiger partial charge in [-0.1, -0.05) is 109 Å². The molecule has 1 fully saturated rings. The molecule has 1 aliphatic heterocycles. The fourth-order valence-corrected chi connectivity index (χ4v) is 6.30. The highest BCUT2D eigenvalue weighted by Crippen LogP contribution is 2.52. The molecular formula is C32H31O4P. The monoisotopic (exact) mass is 510 g/mol. The molecule has 4 nitrogen and oxygen atoms in total. The maximum absolute atomic E-state index is 13.5. The molecule has 5 rings (SSSR count). The van der Waals surface area contributed by atoms with Crippen molar-refractivity contribution in [3.05, 3.63) is 138 Å². The van der Waals surface area contributed by atoms with Gasteiger partial charge in [-0.2, -0.15) is 0 Å². The molecule has 0 spiro atoms. The van der Waals surface area contributed by atoms with Gasteiger partial charge in [-0.05, 0) is 34.7 Å². The van der Waals surface area contributed by atoms with Crippen molar-refractivity contribution in [2.24, 2.45) is 0 Å². The van der Waals surface area contributed by atoms with Gasteiger partial charge in [0.25, 0.3) is 0 Å². The second-order valence-corrected chi connectivity index (χ2v) is 10.2. The molecule has 0 radical (unpaired) electrons. The highest BCUT2D eigenvalue weighted by Gasteiger charge is 2.52. The molecule has 1 aliphatic rings. The predicted molar refractivity (Wildman–Crippen MR) is 146 cm³/mol. The molecule has 188 valence electrons. The van der Waals surface area contributed by atoms with Crippen molar-refractivity contribution >= 4 is 8.46 Å². The van der Waals surface area contributed by atoms with Crippen LogP contribution in [0.25, 0.3) is 0 Å². The minimum absolute atomic E-state index is 0.00726. The van der Waals surface area contributed by atoms with Gasteiger partial charge in [0.15, 0.2) is 8.46 Å². The number of hydrogen-bond acceptors (Lipinski definition) is 4. The first-order valence-electron chi connectivity index (χ1n) is 12.6. The number of para-hydroxylation sites is 1. The highest BCUT2D eigenvalue weighted by atomic mass is 31.1. The molecule has 0 N–H and O–H groups in total. The van der Waals surface area contributed by atoms with Crippen LogP contribution in [0.2, 0.25) is 0 Å². The highest BCUT2D eigenvalue weighted by molar-refractivity contribution is 7.26. The van der Waals surface area contributed by atoms with E-state index in [9.17, 15) is 4.57 Å². The normalized spacial score (nSPS) is 20.0. The maximum atomic E-state index is 13.5. The second-order valence-electron chi connectivity index (χ2n) is 9.28. The Balaban J connectivity index is 1.65. The third-order valence-corrected chi connectivity index (χ3v) is 8.29. The Hall–Kier alpha value is -3.30. The van der Waals surface area contributed by atoms with Gasteiger partial charge in [0.2, 0.25) is 0 Å². The van der Waals surface area contributed by atoms with Crippen LogP contribution in [0.1, 0.15) is 34.6 Å². The van der Waals surface area contributed by atoms with Gasteiger partial charge in [0.05, 0.1) is 19.8 Å². The fourth-order valence-electron chi connectivity index (χ4n) is 5.46. The lowest BCUT2D eigenvalue weighted by Crippen LogP contribution is -2.52. The average molecular weight is 511 g/mol. The number of benzene rings is 4. The van der Waals surface area contributed by atoms with E-state index in [1.165, 1.54) is 0 Å². The van der Waals surface area contributed by atoms with E-state index < -0.39 is 11.3 Å². The summed E-state index contributed by atoms with van der Waals surface area (Å²) in [6.45, 7) is 0.946. The van der Waals surface area contributed by atoms with Crippen LogP contribution in [-0.2, 0) is 25.8 Å². The molecule has 3 unspecified atom stereocenters. The first-order chi connectivity index (χ1) is 18.3. The fraction of sp³-hybridized carbons (Fsp3) is 0.250. The smallest absolute Gasteiger partial charge is 0.174 e. The van der Waals surface area contributed by atoms with Crippen LogP contribution in [0, 0.1) is 0 Å². The first-order valence-corrected chi connectivity index (χ1v) is 13.4. The van der Waals surface area contributed by atoms with Crippen LogP contribution < -0.4 is 4.74 Å². The minimum Gasteiger partial charge on any atom is -0.496 e. The van der Waals surface area contributed by atoms with Gasteiger partial charge in [-0.3, -0.25) is 4.57 Å². The quantitative estimate of drug-likeness (QED) is 0.220. The van der Waals surface area contributed by atoms with E-state index in [0.717, 1.165) is 34.4 Å². The Labute approximate surface area is 220 Å². The Kier molecular flexibility index (Phi) is 8.11. The third-order valence-electron chi connectivity index (χ3n) is 7.23. The second kappa shape index (κ2) is 11.8. The minimum atomic E-state index is -0.954. The molecule has 5 heteroatoms. The van der Waals surface area contributed by atoms with Crippen LogP contribution in [0.3, 0.4) is 0 Å². The van der Waals surface area contributed by atoms with Crippen LogP contribution >= 0.6 is 8.46 Å². The van der Waals surface area contributed by atoms with Gasteiger partial charge in [-0.25, -0.2) is 0 Å². The molecule has 0 amide bonds. The number of hydrogen-bond donors (Lipinski definition) is 0. The van der Waals surface area contributed by atoms with Crippen LogP contribution in [0.5, 0.6) is 5.75 Å². The topological polar surface area (TPSA) is 44.8 Å². The lowest BCUT2D eigenvalue weighted by atomic mass is 9.76. The van der Waals surface area contributed by atoms with Gasteiger partial charge in [0, 0.05) is 12.5 Å². The van der Waals surface area contributed by atoms with Gasteiger partial charge < -0.3 is 14.2 Å². The summed E-state index contributed by atoms with van der Waals surface area (Å²) in [5, 5.41) is -0.954. The van der Waals surface area contributed by atoms with Crippen molar-refractivity contribution in [1.29, 1.82) is 0 Å². The van der Waals surface area contributed by atoms with E-state index in [0.29, 0.717) is 13.2 Å². The molecular weight excluding hydrogens is 479 g/mol. The third kappa shape index (κ3) is 5.10. The van der Waals surface area contributed by atoms with E-state index in [-0.39, 0.29) is 20.5 Å². The molecule has 0 aromatic heterocycles. The van der Waals surface area contributed by atoms with E-state index in [1.54, 1.807) is 7.11 Å². The molecule has 37 heavy (non-hydrogen) atoms. The Morgan fingerprint density at radius 1 is 0.811 bits per heavy atom. The molecule has 4 aromatic carbocycles. The molecule has 3 atom stereocenters. The van der Waals surface area contributed by atoms with E-state index in [2.05, 4.69) is 18.2 Å². The zero-order chi connectivity index (χ0) is 25.5. The van der Waals surface area contributed by atoms with Crippen molar-refractivity contribution in [3.8, 4) is 5.75 Å². The lowest BCUT2D eigenvalue weighted by molar-refractivity contribution is -0.133. The molecule has 0 aliphatic carbocycles. The Morgan fingerprint density at radius 3 is 1.97 bits per heavy atom. The van der Waals surface area contributed by atoms with Crippen molar-refractivity contribution in [2.45, 2.75) is 36.3 Å². The molecule has 1 saturated heterocycles. The molecule has 0 saturated carbocycles. The molecule has 4 aromatic rings. The van der Waals surface area contributed by atoms with Crippen molar-refractivity contribution in [2.75, 3.05) is 13.7 Å². The summed E-state index contributed by atoms with van der Waals surface area (Å²) in [6, 6.07) is 38.3. The predicted octanol–water partition coefficient (Wildman–Crippen LogP) is 7.39. The first kappa shape index (κ1) is 25.4. The zero-order valence-electron chi connectivity index (χ0n) is 20.9. The molecule has 1 heterocycles. The summed E-state index contributed by atoms with van der Waals surface area (Å²) < 4.78 is 32.6. The number of ether oxygens (including phenoxy) is 3. The van der Waals surface area contributed by atoms with Crippen molar-refractivity contribution in [1.82, 2.24) is 0 Å². The Morgan fingerprint density at radius 2 is 1.38 bits per heavy atom. The number of rotatable bonds is 9. The molecule has 0 bridgehead atoms. The summed E-state index contributed by atoms with van der Waals surface area (Å²) >= 11 is 0. The zero-order valence-corrected chi connectivity index (χ0v) is 21.8. The summed E-state index contributed by atoms with van der Waals surface area (Å²) in [5.74, 6) is 0.818. The SMILES string of the molecule is COc1ccccc1C1CCOC(C(P=O)(c2ccccc2)c2ccccc2)C1OCc1ccccc1. The Bertz CT molecular complexity index is 1240. The summed E-state index contributed by atoms with van der Waals surface area (Å²) in [4.78, 5) is 0. The van der Waals surface area contributed by atoms with E-state index >= 15 is 0 Å². The van der Waals surface area contributed by atoms with Crippen LogP contribution in [-0.4, -0.2) is 25.9 Å². The van der Waals surface area contributed by atoms with Crippen LogP contribution in [0.15, 0.2) is 115 Å². The largest absolute Gasteiger partial charge is 0.496 e. The van der Waals surface area contributed by atoms with Crippen molar-refractivity contribution in [3.63, 3.8) is 0 Å². The van der Waals surface area contributed by atoms with Gasteiger partial charge in [0.1, 0.15) is 17.0 Å². The average Bonchev–Trinajstić information content (AvgIpc) is 2.98.